The Balaban J connectivity index is 1.90. The van der Waals surface area contributed by atoms with Crippen molar-refractivity contribution < 1.29 is 4.79 Å². The van der Waals surface area contributed by atoms with E-state index in [1.807, 2.05) is 0 Å². The van der Waals surface area contributed by atoms with Gasteiger partial charge in [0.1, 0.15) is 6.33 Å². The summed E-state index contributed by atoms with van der Waals surface area (Å²) in [5, 5.41) is 11.0. The lowest BCUT2D eigenvalue weighted by Gasteiger charge is -2.06. The Kier molecular flexibility index (Phi) is 4.06. The zero-order chi connectivity index (χ0) is 13.0. The highest BCUT2D eigenvalue weighted by Crippen LogP contribution is 2.21. The van der Waals surface area contributed by atoms with Gasteiger partial charge in [0, 0.05) is 0 Å². The zero-order valence-corrected chi connectivity index (χ0v) is 10.8. The van der Waals surface area contributed by atoms with Crippen LogP contribution in [-0.4, -0.2) is 26.5 Å². The minimum atomic E-state index is -0.184. The van der Waals surface area contributed by atoms with Crippen LogP contribution in [0.1, 0.15) is 0 Å². The molecule has 0 spiro atoms. The molecule has 0 aliphatic carbocycles. The molecule has 1 aromatic carbocycles. The summed E-state index contributed by atoms with van der Waals surface area (Å²) in [6.45, 7) is 0. The number of hydrogen-bond acceptors (Lipinski definition) is 5. The van der Waals surface area contributed by atoms with Crippen molar-refractivity contribution in [2.75, 3.05) is 16.9 Å². The van der Waals surface area contributed by atoms with Crippen molar-refractivity contribution in [1.82, 2.24) is 14.9 Å². The van der Waals surface area contributed by atoms with Crippen LogP contribution in [0.15, 0.2) is 35.7 Å². The van der Waals surface area contributed by atoms with Gasteiger partial charge in [0.05, 0.1) is 16.5 Å². The average Bonchev–Trinajstić information content (AvgIpc) is 2.75. The maximum absolute atomic E-state index is 11.7. The third kappa shape index (κ3) is 3.14. The van der Waals surface area contributed by atoms with Crippen LogP contribution in [0.25, 0.3) is 0 Å². The lowest BCUT2D eigenvalue weighted by Crippen LogP contribution is -2.15. The molecule has 18 heavy (non-hydrogen) atoms. The molecule has 2 rings (SSSR count). The highest BCUT2D eigenvalue weighted by atomic mass is 35.5. The molecule has 0 saturated heterocycles. The third-order valence-corrected chi connectivity index (χ3v) is 3.31. The van der Waals surface area contributed by atoms with Crippen LogP contribution in [-0.2, 0) is 4.79 Å². The first kappa shape index (κ1) is 12.7. The van der Waals surface area contributed by atoms with Gasteiger partial charge in [-0.15, -0.1) is 10.2 Å². The largest absolute Gasteiger partial charge is 0.336 e. The molecule has 94 valence electrons. The average molecular weight is 284 g/mol. The van der Waals surface area contributed by atoms with Crippen LogP contribution >= 0.6 is 23.4 Å². The fourth-order valence-electron chi connectivity index (χ4n) is 1.21. The molecule has 0 aliphatic heterocycles. The lowest BCUT2D eigenvalue weighted by atomic mass is 10.3. The van der Waals surface area contributed by atoms with Crippen LogP contribution in [0.5, 0.6) is 0 Å². The number of benzene rings is 1. The third-order valence-electron chi connectivity index (χ3n) is 2.02. The molecule has 8 heteroatoms. The summed E-state index contributed by atoms with van der Waals surface area (Å²) in [4.78, 5) is 11.7. The van der Waals surface area contributed by atoms with Gasteiger partial charge in [0.2, 0.25) is 11.1 Å². The van der Waals surface area contributed by atoms with E-state index in [4.69, 9.17) is 17.4 Å². The smallest absolute Gasteiger partial charge is 0.234 e. The maximum atomic E-state index is 11.7. The van der Waals surface area contributed by atoms with E-state index >= 15 is 0 Å². The molecule has 0 unspecified atom stereocenters. The van der Waals surface area contributed by atoms with Gasteiger partial charge in [-0.05, 0) is 12.1 Å². The normalized spacial score (nSPS) is 10.3. The first-order valence-corrected chi connectivity index (χ1v) is 6.35. The molecule has 1 aromatic heterocycles. The van der Waals surface area contributed by atoms with Gasteiger partial charge in [-0.25, -0.2) is 4.68 Å². The maximum Gasteiger partial charge on any atom is 0.234 e. The number of carbonyl (C=O) groups excluding carboxylic acids is 1. The van der Waals surface area contributed by atoms with Gasteiger partial charge >= 0.3 is 0 Å². The molecule has 6 nitrogen and oxygen atoms in total. The molecule has 2 aromatic rings. The Bertz CT molecular complexity index is 559. The van der Waals surface area contributed by atoms with E-state index in [2.05, 4.69) is 15.5 Å². The highest BCUT2D eigenvalue weighted by molar-refractivity contribution is 7.99. The summed E-state index contributed by atoms with van der Waals surface area (Å²) in [6.07, 6.45) is 1.37. The molecule has 0 aliphatic rings. The standard InChI is InChI=1S/C10H10ClN5OS/c11-7-3-1-2-4-8(7)14-9(17)5-18-10-15-13-6-16(10)12/h1-4,6H,5,12H2,(H,14,17). The Morgan fingerprint density at radius 1 is 1.50 bits per heavy atom. The summed E-state index contributed by atoms with van der Waals surface area (Å²) in [7, 11) is 0. The summed E-state index contributed by atoms with van der Waals surface area (Å²) >= 11 is 7.12. The second kappa shape index (κ2) is 5.74. The number of nitrogens with two attached hydrogens (primary N) is 1. The van der Waals surface area contributed by atoms with Crippen LogP contribution in [0, 0.1) is 0 Å². The van der Waals surface area contributed by atoms with Crippen molar-refractivity contribution in [3.8, 4) is 0 Å². The number of anilines is 1. The van der Waals surface area contributed by atoms with Crippen molar-refractivity contribution in [1.29, 1.82) is 0 Å². The van der Waals surface area contributed by atoms with Crippen molar-refractivity contribution in [3.05, 3.63) is 35.6 Å². The molecule has 1 amide bonds. The van der Waals surface area contributed by atoms with E-state index in [1.165, 1.54) is 22.8 Å². The number of thioether (sulfide) groups is 1. The number of para-hydroxylation sites is 1. The Morgan fingerprint density at radius 2 is 2.28 bits per heavy atom. The fraction of sp³-hybridized carbons (Fsp3) is 0.100. The van der Waals surface area contributed by atoms with Gasteiger partial charge in [0.15, 0.2) is 0 Å². The number of hydrogen-bond donors (Lipinski definition) is 2. The van der Waals surface area contributed by atoms with Gasteiger partial charge in [-0.3, -0.25) is 4.79 Å². The number of halogens is 1. The number of nitrogens with one attached hydrogen (secondary N) is 1. The van der Waals surface area contributed by atoms with Crippen LogP contribution < -0.4 is 11.2 Å². The molecular formula is C10H10ClN5OS. The van der Waals surface area contributed by atoms with Gasteiger partial charge in [-0.2, -0.15) is 0 Å². The Labute approximate surface area is 112 Å². The Hall–Kier alpha value is -1.73. The zero-order valence-electron chi connectivity index (χ0n) is 9.21. The molecule has 0 fully saturated rings. The molecule has 0 radical (unpaired) electrons. The first-order chi connectivity index (χ1) is 8.66. The summed E-state index contributed by atoms with van der Waals surface area (Å²) < 4.78 is 1.26. The minimum Gasteiger partial charge on any atom is -0.336 e. The number of nitrogen functional groups attached to an aromatic ring is 1. The highest BCUT2D eigenvalue weighted by Gasteiger charge is 2.08. The van der Waals surface area contributed by atoms with E-state index in [0.29, 0.717) is 15.9 Å². The summed E-state index contributed by atoms with van der Waals surface area (Å²) in [5.41, 5.74) is 0.582. The monoisotopic (exact) mass is 283 g/mol. The molecule has 1 heterocycles. The number of aromatic nitrogens is 3. The van der Waals surface area contributed by atoms with E-state index in [1.54, 1.807) is 24.3 Å². The van der Waals surface area contributed by atoms with Crippen molar-refractivity contribution >= 4 is 35.0 Å². The quantitative estimate of drug-likeness (QED) is 0.654. The predicted molar refractivity (Wildman–Crippen MR) is 71.0 cm³/mol. The second-order valence-electron chi connectivity index (χ2n) is 3.34. The molecule has 0 atom stereocenters. The van der Waals surface area contributed by atoms with Crippen molar-refractivity contribution in [3.63, 3.8) is 0 Å². The predicted octanol–water partition coefficient (Wildman–Crippen LogP) is 1.38. The SMILES string of the molecule is Nn1cnnc1SCC(=O)Nc1ccccc1Cl. The van der Waals surface area contributed by atoms with Crippen LogP contribution in [0.4, 0.5) is 5.69 Å². The second-order valence-corrected chi connectivity index (χ2v) is 4.69. The number of carbonyl (C=O) groups is 1. The number of rotatable bonds is 4. The van der Waals surface area contributed by atoms with Crippen molar-refractivity contribution in [2.24, 2.45) is 0 Å². The fourth-order valence-corrected chi connectivity index (χ4v) is 2.03. The van der Waals surface area contributed by atoms with E-state index in [0.717, 1.165) is 0 Å². The van der Waals surface area contributed by atoms with Gasteiger partial charge < -0.3 is 11.2 Å². The Morgan fingerprint density at radius 3 is 2.94 bits per heavy atom. The van der Waals surface area contributed by atoms with E-state index in [9.17, 15) is 4.79 Å². The number of amides is 1. The van der Waals surface area contributed by atoms with E-state index in [-0.39, 0.29) is 11.7 Å². The molecule has 0 saturated carbocycles. The molecular weight excluding hydrogens is 274 g/mol. The minimum absolute atomic E-state index is 0.182. The first-order valence-electron chi connectivity index (χ1n) is 4.99. The lowest BCUT2D eigenvalue weighted by molar-refractivity contribution is -0.113. The molecule has 0 bridgehead atoms. The van der Waals surface area contributed by atoms with Gasteiger partial charge in [-0.1, -0.05) is 35.5 Å². The molecule has 3 N–H and O–H groups in total. The summed E-state index contributed by atoms with van der Waals surface area (Å²) in [5.74, 6) is 5.52. The topological polar surface area (TPSA) is 85.8 Å². The van der Waals surface area contributed by atoms with E-state index < -0.39 is 0 Å². The van der Waals surface area contributed by atoms with Crippen LogP contribution in [0.2, 0.25) is 5.02 Å². The van der Waals surface area contributed by atoms with Crippen molar-refractivity contribution in [2.45, 2.75) is 5.16 Å². The number of nitrogens with zero attached hydrogens (tertiary/aromatic N) is 3. The van der Waals surface area contributed by atoms with Crippen LogP contribution in [0.3, 0.4) is 0 Å². The summed E-state index contributed by atoms with van der Waals surface area (Å²) in [6, 6.07) is 7.03. The van der Waals surface area contributed by atoms with Gasteiger partial charge in [0.25, 0.3) is 0 Å².